The highest BCUT2D eigenvalue weighted by atomic mass is 15.3. The van der Waals surface area contributed by atoms with Gasteiger partial charge in [0.25, 0.3) is 0 Å². The third-order valence-corrected chi connectivity index (χ3v) is 4.83. The predicted octanol–water partition coefficient (Wildman–Crippen LogP) is 2.69. The van der Waals surface area contributed by atoms with E-state index >= 15 is 0 Å². The lowest BCUT2D eigenvalue weighted by Crippen LogP contribution is -2.37. The molecule has 1 atom stereocenters. The Labute approximate surface area is 147 Å². The lowest BCUT2D eigenvalue weighted by Gasteiger charge is -2.26. The van der Waals surface area contributed by atoms with Crippen LogP contribution in [0.3, 0.4) is 0 Å². The van der Waals surface area contributed by atoms with Crippen LogP contribution in [0.15, 0.2) is 43.0 Å². The summed E-state index contributed by atoms with van der Waals surface area (Å²) in [7, 11) is 0. The van der Waals surface area contributed by atoms with Crippen LogP contribution in [0.2, 0.25) is 0 Å². The molecular formula is C19H24N6. The molecule has 1 aromatic carbocycles. The molecule has 6 heteroatoms. The number of aromatic nitrogens is 5. The summed E-state index contributed by atoms with van der Waals surface area (Å²) in [6.45, 7) is 6.19. The van der Waals surface area contributed by atoms with Crippen molar-refractivity contribution < 1.29 is 0 Å². The Bertz CT molecular complexity index is 816. The fraction of sp³-hybridized carbons (Fsp3) is 0.421. The maximum Gasteiger partial charge on any atom is 0.135 e. The second-order valence-corrected chi connectivity index (χ2v) is 6.99. The maximum atomic E-state index is 4.36. The van der Waals surface area contributed by atoms with Crippen LogP contribution >= 0.6 is 0 Å². The summed E-state index contributed by atoms with van der Waals surface area (Å²) in [6, 6.07) is 9.08. The molecule has 1 aliphatic rings. The van der Waals surface area contributed by atoms with Crippen molar-refractivity contribution in [3.8, 4) is 5.69 Å². The van der Waals surface area contributed by atoms with Crippen molar-refractivity contribution in [3.63, 3.8) is 0 Å². The van der Waals surface area contributed by atoms with Crippen molar-refractivity contribution in [3.05, 3.63) is 60.2 Å². The van der Waals surface area contributed by atoms with Crippen LogP contribution in [0.4, 0.5) is 0 Å². The largest absolute Gasteiger partial charge is 0.313 e. The van der Waals surface area contributed by atoms with E-state index in [0.717, 1.165) is 43.3 Å². The summed E-state index contributed by atoms with van der Waals surface area (Å²) >= 11 is 0. The van der Waals surface area contributed by atoms with Crippen molar-refractivity contribution in [2.24, 2.45) is 0 Å². The van der Waals surface area contributed by atoms with Gasteiger partial charge in [0.2, 0.25) is 0 Å². The average molecular weight is 336 g/mol. The summed E-state index contributed by atoms with van der Waals surface area (Å²) in [6.07, 6.45) is 7.68. The van der Waals surface area contributed by atoms with Crippen molar-refractivity contribution >= 4 is 0 Å². The van der Waals surface area contributed by atoms with Gasteiger partial charge in [-0.2, -0.15) is 0 Å². The van der Waals surface area contributed by atoms with E-state index in [4.69, 9.17) is 0 Å². The molecule has 1 aliphatic heterocycles. The zero-order chi connectivity index (χ0) is 17.2. The Morgan fingerprint density at radius 2 is 2.04 bits per heavy atom. The summed E-state index contributed by atoms with van der Waals surface area (Å²) in [5.41, 5.74) is 2.43. The third-order valence-electron chi connectivity index (χ3n) is 4.83. The predicted molar refractivity (Wildman–Crippen MR) is 96.6 cm³/mol. The van der Waals surface area contributed by atoms with E-state index in [1.807, 2.05) is 17.1 Å². The minimum atomic E-state index is 0.413. The van der Waals surface area contributed by atoms with E-state index in [1.165, 1.54) is 5.56 Å². The zero-order valence-electron chi connectivity index (χ0n) is 14.8. The number of rotatable bonds is 5. The molecule has 0 aliphatic carbocycles. The quantitative estimate of drug-likeness (QED) is 0.778. The molecule has 3 heterocycles. The van der Waals surface area contributed by atoms with E-state index < -0.39 is 0 Å². The van der Waals surface area contributed by atoms with Crippen molar-refractivity contribution in [1.82, 2.24) is 29.6 Å². The van der Waals surface area contributed by atoms with Gasteiger partial charge in [0.05, 0.1) is 6.33 Å². The van der Waals surface area contributed by atoms with Crippen LogP contribution in [-0.2, 0) is 19.5 Å². The number of imidazole rings is 1. The molecule has 0 saturated heterocycles. The Hall–Kier alpha value is -2.47. The highest BCUT2D eigenvalue weighted by Gasteiger charge is 2.23. The van der Waals surface area contributed by atoms with Crippen molar-refractivity contribution in [1.29, 1.82) is 0 Å². The van der Waals surface area contributed by atoms with Crippen LogP contribution < -0.4 is 5.32 Å². The van der Waals surface area contributed by atoms with Gasteiger partial charge < -0.3 is 14.5 Å². The fourth-order valence-corrected chi connectivity index (χ4v) is 3.40. The van der Waals surface area contributed by atoms with E-state index in [1.54, 1.807) is 6.20 Å². The van der Waals surface area contributed by atoms with Gasteiger partial charge in [-0.15, -0.1) is 10.2 Å². The average Bonchev–Trinajstić information content (AvgIpc) is 3.29. The molecule has 25 heavy (non-hydrogen) atoms. The van der Waals surface area contributed by atoms with Crippen LogP contribution in [0.1, 0.15) is 43.4 Å². The second-order valence-electron chi connectivity index (χ2n) is 6.99. The van der Waals surface area contributed by atoms with E-state index in [-0.39, 0.29) is 0 Å². The highest BCUT2D eigenvalue weighted by molar-refractivity contribution is 5.34. The fourth-order valence-electron chi connectivity index (χ4n) is 3.40. The first kappa shape index (κ1) is 16.0. The van der Waals surface area contributed by atoms with Gasteiger partial charge in [0.15, 0.2) is 0 Å². The van der Waals surface area contributed by atoms with E-state index in [9.17, 15) is 0 Å². The van der Waals surface area contributed by atoms with Gasteiger partial charge >= 0.3 is 0 Å². The second kappa shape index (κ2) is 6.80. The third kappa shape index (κ3) is 3.35. The molecule has 0 fully saturated rings. The van der Waals surface area contributed by atoms with Crippen LogP contribution in [0, 0.1) is 0 Å². The Balaban J connectivity index is 1.38. The normalized spacial score (nSPS) is 17.0. The van der Waals surface area contributed by atoms with Gasteiger partial charge in [-0.1, -0.05) is 26.0 Å². The molecule has 0 bridgehead atoms. The van der Waals surface area contributed by atoms with E-state index in [2.05, 4.69) is 63.2 Å². The minimum absolute atomic E-state index is 0.413. The summed E-state index contributed by atoms with van der Waals surface area (Å²) in [5.74, 6) is 2.65. The number of nitrogens with one attached hydrogen (secondary N) is 1. The van der Waals surface area contributed by atoms with Gasteiger partial charge in [-0.25, -0.2) is 4.98 Å². The minimum Gasteiger partial charge on any atom is -0.313 e. The Kier molecular flexibility index (Phi) is 4.36. The molecule has 1 N–H and O–H groups in total. The summed E-state index contributed by atoms with van der Waals surface area (Å²) < 4.78 is 4.31. The van der Waals surface area contributed by atoms with Crippen molar-refractivity contribution in [2.45, 2.75) is 51.7 Å². The molecule has 0 unspecified atom stereocenters. The van der Waals surface area contributed by atoms with Gasteiger partial charge in [0.1, 0.15) is 11.6 Å². The molecule has 4 rings (SSSR count). The number of hydrogen-bond donors (Lipinski definition) is 1. The first-order chi connectivity index (χ1) is 12.2. The molecule has 0 radical (unpaired) electrons. The van der Waals surface area contributed by atoms with Gasteiger partial charge in [-0.05, 0) is 24.1 Å². The lowest BCUT2D eigenvalue weighted by atomic mass is 10.1. The standard InChI is InChI=1S/C19H24N6/c1-14(2)19-23-22-18-8-5-16(12-25(18)19)21-11-15-3-6-17(7-4-15)24-10-9-20-13-24/h3-4,6-7,9-10,13-14,16,21H,5,8,11-12H2,1-2H3/t16-/m1/s1. The Morgan fingerprint density at radius 3 is 2.76 bits per heavy atom. The molecule has 3 aromatic rings. The number of fused-ring (bicyclic) bond motifs is 1. The van der Waals surface area contributed by atoms with Crippen LogP contribution in [0.5, 0.6) is 0 Å². The highest BCUT2D eigenvalue weighted by Crippen LogP contribution is 2.20. The van der Waals surface area contributed by atoms with Crippen molar-refractivity contribution in [2.75, 3.05) is 0 Å². The molecule has 2 aromatic heterocycles. The molecule has 0 saturated carbocycles. The smallest absolute Gasteiger partial charge is 0.135 e. The maximum absolute atomic E-state index is 4.36. The number of benzene rings is 1. The lowest BCUT2D eigenvalue weighted by molar-refractivity contribution is 0.370. The molecule has 0 amide bonds. The number of hydrogen-bond acceptors (Lipinski definition) is 4. The molecule has 6 nitrogen and oxygen atoms in total. The monoisotopic (exact) mass is 336 g/mol. The SMILES string of the molecule is CC(C)c1nnc2n1C[C@H](NCc1ccc(-n3ccnc3)cc1)CC2. The first-order valence-electron chi connectivity index (χ1n) is 8.93. The van der Waals surface area contributed by atoms with E-state index in [0.29, 0.717) is 12.0 Å². The van der Waals surface area contributed by atoms with Crippen LogP contribution in [-0.4, -0.2) is 30.4 Å². The zero-order valence-corrected chi connectivity index (χ0v) is 14.8. The number of aryl methyl sites for hydroxylation is 1. The van der Waals surface area contributed by atoms with Gasteiger partial charge in [0, 0.05) is 49.6 Å². The summed E-state index contributed by atoms with van der Waals surface area (Å²) in [4.78, 5) is 4.09. The van der Waals surface area contributed by atoms with Crippen LogP contribution in [0.25, 0.3) is 5.69 Å². The first-order valence-corrected chi connectivity index (χ1v) is 8.93. The summed E-state index contributed by atoms with van der Waals surface area (Å²) in [5, 5.41) is 12.4. The Morgan fingerprint density at radius 1 is 1.20 bits per heavy atom. The topological polar surface area (TPSA) is 60.6 Å². The molecule has 0 spiro atoms. The molecular weight excluding hydrogens is 312 g/mol. The van der Waals surface area contributed by atoms with Gasteiger partial charge in [-0.3, -0.25) is 0 Å². The molecule has 130 valence electrons. The number of nitrogens with zero attached hydrogens (tertiary/aromatic N) is 5.